The molecule has 3 aromatic rings. The van der Waals surface area contributed by atoms with E-state index in [4.69, 9.17) is 9.47 Å². The number of carbonyl (C=O) groups is 2. The van der Waals surface area contributed by atoms with Gasteiger partial charge in [-0.1, -0.05) is 46.3 Å². The van der Waals surface area contributed by atoms with E-state index in [-0.39, 0.29) is 17.9 Å². The van der Waals surface area contributed by atoms with Crippen LogP contribution < -0.4 is 14.8 Å². The molecule has 0 bridgehead atoms. The molecule has 2 atom stereocenters. The van der Waals surface area contributed by atoms with Crippen molar-refractivity contribution in [1.29, 1.82) is 0 Å². The van der Waals surface area contributed by atoms with Gasteiger partial charge >= 0.3 is 0 Å². The lowest BCUT2D eigenvalue weighted by atomic mass is 9.89. The van der Waals surface area contributed by atoms with Crippen molar-refractivity contribution >= 4 is 33.4 Å². The molecule has 7 heteroatoms. The van der Waals surface area contributed by atoms with Crippen LogP contribution in [0.1, 0.15) is 24.1 Å². The van der Waals surface area contributed by atoms with Crippen LogP contribution in [-0.2, 0) is 16.1 Å². The fraction of sp³-hybridized carbons (Fsp3) is 0.200. The van der Waals surface area contributed by atoms with Gasteiger partial charge in [0.15, 0.2) is 0 Å². The largest absolute Gasteiger partial charge is 0.497 e. The van der Waals surface area contributed by atoms with Gasteiger partial charge in [0.05, 0.1) is 7.11 Å². The molecular weight excluding hydrogens is 472 g/mol. The van der Waals surface area contributed by atoms with Crippen molar-refractivity contribution in [3.05, 3.63) is 88.4 Å². The fourth-order valence-corrected chi connectivity index (χ4v) is 4.18. The molecule has 1 heterocycles. The van der Waals surface area contributed by atoms with Gasteiger partial charge in [-0.2, -0.15) is 0 Å². The van der Waals surface area contributed by atoms with Gasteiger partial charge in [0, 0.05) is 23.6 Å². The topological polar surface area (TPSA) is 67.9 Å². The van der Waals surface area contributed by atoms with Gasteiger partial charge in [-0.25, -0.2) is 0 Å². The zero-order chi connectivity index (χ0) is 22.7. The van der Waals surface area contributed by atoms with Gasteiger partial charge in [-0.05, 0) is 53.6 Å². The van der Waals surface area contributed by atoms with Crippen molar-refractivity contribution < 1.29 is 19.1 Å². The SMILES string of the molecule is COc1ccc([C@@H]2[C@H](Oc3cccc(Br)c3)C(=O)N2Cc2cccc(NC(C)=O)c2)cc1. The fourth-order valence-electron chi connectivity index (χ4n) is 3.80. The van der Waals surface area contributed by atoms with Crippen molar-refractivity contribution in [2.45, 2.75) is 25.6 Å². The van der Waals surface area contributed by atoms with Gasteiger partial charge in [0.25, 0.3) is 5.91 Å². The molecule has 6 nitrogen and oxygen atoms in total. The summed E-state index contributed by atoms with van der Waals surface area (Å²) in [5.74, 6) is 1.15. The summed E-state index contributed by atoms with van der Waals surface area (Å²) in [7, 11) is 1.62. The minimum absolute atomic E-state index is 0.0873. The number of ether oxygens (including phenoxy) is 2. The number of amides is 2. The van der Waals surface area contributed by atoms with Crippen LogP contribution >= 0.6 is 15.9 Å². The van der Waals surface area contributed by atoms with Gasteiger partial charge in [0.1, 0.15) is 17.5 Å². The van der Waals surface area contributed by atoms with E-state index in [2.05, 4.69) is 21.2 Å². The molecule has 1 aliphatic rings. The highest BCUT2D eigenvalue weighted by Crippen LogP contribution is 2.39. The summed E-state index contributed by atoms with van der Waals surface area (Å²) in [6.45, 7) is 1.87. The Morgan fingerprint density at radius 3 is 2.47 bits per heavy atom. The predicted molar refractivity (Wildman–Crippen MR) is 126 cm³/mol. The third-order valence-corrected chi connectivity index (χ3v) is 5.76. The van der Waals surface area contributed by atoms with Crippen LogP contribution in [0.2, 0.25) is 0 Å². The first-order valence-electron chi connectivity index (χ1n) is 10.2. The number of methoxy groups -OCH3 is 1. The van der Waals surface area contributed by atoms with Crippen molar-refractivity contribution in [3.63, 3.8) is 0 Å². The molecule has 2 amide bonds. The Bertz CT molecular complexity index is 1130. The molecule has 0 aromatic heterocycles. The van der Waals surface area contributed by atoms with Crippen LogP contribution in [-0.4, -0.2) is 29.9 Å². The molecule has 3 aromatic carbocycles. The molecule has 1 aliphatic heterocycles. The van der Waals surface area contributed by atoms with E-state index in [0.29, 0.717) is 18.0 Å². The molecule has 0 unspecified atom stereocenters. The average Bonchev–Trinajstić information content (AvgIpc) is 2.78. The average molecular weight is 495 g/mol. The molecule has 1 fully saturated rings. The minimum Gasteiger partial charge on any atom is -0.497 e. The molecule has 0 aliphatic carbocycles. The smallest absolute Gasteiger partial charge is 0.267 e. The number of halogens is 1. The standard InChI is InChI=1S/C25H23BrN2O4/c1-16(29)27-20-7-3-5-17(13-20)15-28-23(18-9-11-21(31-2)12-10-18)24(25(28)30)32-22-8-4-6-19(26)14-22/h3-14,23-24H,15H2,1-2H3,(H,27,29)/t23-,24+/m1/s1. The van der Waals surface area contributed by atoms with Crippen LogP contribution in [0.15, 0.2) is 77.3 Å². The molecule has 1 saturated heterocycles. The molecular formula is C25H23BrN2O4. The third kappa shape index (κ3) is 4.78. The summed E-state index contributed by atoms with van der Waals surface area (Å²) < 4.78 is 12.3. The van der Waals surface area contributed by atoms with E-state index >= 15 is 0 Å². The molecule has 164 valence electrons. The second kappa shape index (κ2) is 9.44. The normalized spacial score (nSPS) is 17.5. The summed E-state index contributed by atoms with van der Waals surface area (Å²) in [5, 5.41) is 2.78. The Hall–Kier alpha value is -3.32. The first-order chi connectivity index (χ1) is 15.4. The molecule has 32 heavy (non-hydrogen) atoms. The van der Waals surface area contributed by atoms with Gasteiger partial charge in [-0.15, -0.1) is 0 Å². The molecule has 4 rings (SSSR count). The Morgan fingerprint density at radius 1 is 1.03 bits per heavy atom. The second-order valence-electron chi connectivity index (χ2n) is 7.56. The molecule has 1 N–H and O–H groups in total. The van der Waals surface area contributed by atoms with Crippen molar-refractivity contribution in [3.8, 4) is 11.5 Å². The Balaban J connectivity index is 1.60. The van der Waals surface area contributed by atoms with Crippen LogP contribution in [0.4, 0.5) is 5.69 Å². The highest BCUT2D eigenvalue weighted by molar-refractivity contribution is 9.10. The number of hydrogen-bond acceptors (Lipinski definition) is 4. The molecule has 0 radical (unpaired) electrons. The first kappa shape index (κ1) is 21.9. The van der Waals surface area contributed by atoms with Crippen molar-refractivity contribution in [2.24, 2.45) is 0 Å². The van der Waals surface area contributed by atoms with E-state index in [1.807, 2.05) is 72.8 Å². The van der Waals surface area contributed by atoms with Crippen LogP contribution in [0.3, 0.4) is 0 Å². The van der Waals surface area contributed by atoms with Crippen LogP contribution in [0.5, 0.6) is 11.5 Å². The van der Waals surface area contributed by atoms with Crippen LogP contribution in [0, 0.1) is 0 Å². The van der Waals surface area contributed by atoms with E-state index in [1.165, 1.54) is 6.92 Å². The first-order valence-corrected chi connectivity index (χ1v) is 11.0. The molecule has 0 saturated carbocycles. The summed E-state index contributed by atoms with van der Waals surface area (Å²) >= 11 is 3.44. The second-order valence-corrected chi connectivity index (χ2v) is 8.48. The van der Waals surface area contributed by atoms with E-state index in [0.717, 1.165) is 21.3 Å². The lowest BCUT2D eigenvalue weighted by Crippen LogP contribution is -2.60. The number of rotatable bonds is 7. The van der Waals surface area contributed by atoms with E-state index < -0.39 is 6.10 Å². The number of carbonyl (C=O) groups excluding carboxylic acids is 2. The third-order valence-electron chi connectivity index (χ3n) is 5.27. The summed E-state index contributed by atoms with van der Waals surface area (Å²) in [4.78, 5) is 26.3. The van der Waals surface area contributed by atoms with E-state index in [9.17, 15) is 9.59 Å². The minimum atomic E-state index is -0.628. The van der Waals surface area contributed by atoms with Gasteiger partial charge in [0.2, 0.25) is 12.0 Å². The Morgan fingerprint density at radius 2 is 1.78 bits per heavy atom. The number of hydrogen-bond donors (Lipinski definition) is 1. The lowest BCUT2D eigenvalue weighted by molar-refractivity contribution is -0.165. The Labute approximate surface area is 195 Å². The monoisotopic (exact) mass is 494 g/mol. The zero-order valence-corrected chi connectivity index (χ0v) is 19.3. The zero-order valence-electron chi connectivity index (χ0n) is 17.7. The maximum absolute atomic E-state index is 13.1. The quantitative estimate of drug-likeness (QED) is 0.472. The lowest BCUT2D eigenvalue weighted by Gasteiger charge is -2.47. The number of benzene rings is 3. The highest BCUT2D eigenvalue weighted by Gasteiger charge is 2.50. The number of β-lactam (4-membered cyclic amide) rings is 1. The van der Waals surface area contributed by atoms with Crippen molar-refractivity contribution in [2.75, 3.05) is 12.4 Å². The summed E-state index contributed by atoms with van der Waals surface area (Å²) in [6, 6.07) is 22.4. The van der Waals surface area contributed by atoms with Crippen molar-refractivity contribution in [1.82, 2.24) is 4.90 Å². The summed E-state index contributed by atoms with van der Waals surface area (Å²) in [5.41, 5.74) is 2.58. The highest BCUT2D eigenvalue weighted by atomic mass is 79.9. The number of nitrogens with one attached hydrogen (secondary N) is 1. The van der Waals surface area contributed by atoms with Gasteiger partial charge in [-0.3, -0.25) is 9.59 Å². The number of likely N-dealkylation sites (tertiary alicyclic amines) is 1. The maximum Gasteiger partial charge on any atom is 0.267 e. The maximum atomic E-state index is 13.1. The predicted octanol–water partition coefficient (Wildman–Crippen LogP) is 4.95. The molecule has 0 spiro atoms. The summed E-state index contributed by atoms with van der Waals surface area (Å²) in [6.07, 6.45) is -0.628. The van der Waals surface area contributed by atoms with E-state index in [1.54, 1.807) is 12.0 Å². The Kier molecular flexibility index (Phi) is 6.46. The van der Waals surface area contributed by atoms with Gasteiger partial charge < -0.3 is 19.7 Å². The number of nitrogens with zero attached hydrogens (tertiary/aromatic N) is 1. The van der Waals surface area contributed by atoms with Crippen LogP contribution in [0.25, 0.3) is 0 Å². The number of anilines is 1.